The second-order valence-electron chi connectivity index (χ2n) is 5.06. The maximum Gasteiger partial charge on any atom is 0.273 e. The third-order valence-corrected chi connectivity index (χ3v) is 3.85. The van der Waals surface area contributed by atoms with Crippen molar-refractivity contribution < 1.29 is 9.53 Å². The average molecular weight is 357 g/mol. The molecule has 1 amide bonds. The molecule has 0 atom stereocenters. The molecule has 3 aromatic rings. The Bertz CT molecular complexity index is 1060. The minimum Gasteiger partial charge on any atom is -0.495 e. The van der Waals surface area contributed by atoms with Gasteiger partial charge in [-0.2, -0.15) is 0 Å². The molecule has 0 aliphatic carbocycles. The van der Waals surface area contributed by atoms with Gasteiger partial charge in [0.2, 0.25) is 0 Å². The smallest absolute Gasteiger partial charge is 0.273 e. The number of nitrogens with zero attached hydrogens (tertiary/aromatic N) is 2. The summed E-state index contributed by atoms with van der Waals surface area (Å²) in [5.74, 6) is 2.36. The summed E-state index contributed by atoms with van der Waals surface area (Å²) in [6.07, 6.45) is 6.55. The van der Waals surface area contributed by atoms with Crippen molar-refractivity contribution >= 4 is 23.2 Å². The number of aromatic amines is 1. The molecule has 0 aliphatic rings. The number of amides is 1. The van der Waals surface area contributed by atoms with Crippen molar-refractivity contribution in [3.05, 3.63) is 51.4 Å². The van der Waals surface area contributed by atoms with Gasteiger partial charge < -0.3 is 10.1 Å². The molecule has 0 radical (unpaired) electrons. The van der Waals surface area contributed by atoms with Crippen LogP contribution in [-0.4, -0.2) is 34.2 Å². The van der Waals surface area contributed by atoms with E-state index in [-0.39, 0.29) is 23.3 Å². The van der Waals surface area contributed by atoms with Crippen LogP contribution in [0.2, 0.25) is 5.02 Å². The van der Waals surface area contributed by atoms with Gasteiger partial charge >= 0.3 is 0 Å². The van der Waals surface area contributed by atoms with Crippen LogP contribution in [0.5, 0.6) is 5.75 Å². The van der Waals surface area contributed by atoms with Gasteiger partial charge in [-0.15, -0.1) is 6.42 Å². The largest absolute Gasteiger partial charge is 0.495 e. The summed E-state index contributed by atoms with van der Waals surface area (Å²) in [5.41, 5.74) is 1.09. The van der Waals surface area contributed by atoms with Crippen molar-refractivity contribution in [1.82, 2.24) is 19.9 Å². The van der Waals surface area contributed by atoms with Crippen molar-refractivity contribution in [2.24, 2.45) is 0 Å². The van der Waals surface area contributed by atoms with E-state index in [2.05, 4.69) is 21.3 Å². The number of hydrogen-bond donors (Lipinski definition) is 2. The van der Waals surface area contributed by atoms with Crippen molar-refractivity contribution in [3.8, 4) is 29.4 Å². The van der Waals surface area contributed by atoms with Gasteiger partial charge in [0.05, 0.1) is 24.4 Å². The SMILES string of the molecule is C#CCNC(=O)c1c[nH]n2c(=O)cc(-c3ccc(Cl)c(OC)c3)nc12. The molecule has 2 N–H and O–H groups in total. The second-order valence-corrected chi connectivity index (χ2v) is 5.47. The molecule has 0 saturated carbocycles. The summed E-state index contributed by atoms with van der Waals surface area (Å²) in [7, 11) is 1.50. The number of benzene rings is 1. The first-order valence-electron chi connectivity index (χ1n) is 7.22. The molecule has 8 heteroatoms. The lowest BCUT2D eigenvalue weighted by atomic mass is 10.1. The molecule has 2 heterocycles. The van der Waals surface area contributed by atoms with Crippen molar-refractivity contribution in [1.29, 1.82) is 0 Å². The fourth-order valence-corrected chi connectivity index (χ4v) is 2.54. The van der Waals surface area contributed by atoms with Gasteiger partial charge in [-0.05, 0) is 12.1 Å². The van der Waals surface area contributed by atoms with Crippen LogP contribution < -0.4 is 15.6 Å². The van der Waals surface area contributed by atoms with E-state index in [0.717, 1.165) is 0 Å². The standard InChI is InChI=1S/C17H13ClN4O3/c1-3-6-19-17(24)11-9-20-22-15(23)8-13(21-16(11)22)10-4-5-12(18)14(7-10)25-2/h1,4-5,7-9,20H,6H2,2H3,(H,19,24). The Morgan fingerprint density at radius 3 is 3.00 bits per heavy atom. The lowest BCUT2D eigenvalue weighted by Gasteiger charge is -2.07. The third-order valence-electron chi connectivity index (χ3n) is 3.54. The predicted octanol–water partition coefficient (Wildman–Crippen LogP) is 1.71. The summed E-state index contributed by atoms with van der Waals surface area (Å²) in [4.78, 5) is 28.9. The van der Waals surface area contributed by atoms with Crippen molar-refractivity contribution in [3.63, 3.8) is 0 Å². The molecule has 7 nitrogen and oxygen atoms in total. The van der Waals surface area contributed by atoms with E-state index in [9.17, 15) is 9.59 Å². The van der Waals surface area contributed by atoms with Crippen LogP contribution in [0.3, 0.4) is 0 Å². The predicted molar refractivity (Wildman–Crippen MR) is 94.0 cm³/mol. The summed E-state index contributed by atoms with van der Waals surface area (Å²) in [6, 6.07) is 6.39. The maximum atomic E-state index is 12.3. The molecule has 3 rings (SSSR count). The lowest BCUT2D eigenvalue weighted by Crippen LogP contribution is -2.24. The molecular formula is C17H13ClN4O3. The summed E-state index contributed by atoms with van der Waals surface area (Å²) >= 11 is 6.02. The summed E-state index contributed by atoms with van der Waals surface area (Å²) in [6.45, 7) is 0.0779. The molecular weight excluding hydrogens is 344 g/mol. The number of H-pyrrole nitrogens is 1. The van der Waals surface area contributed by atoms with E-state index in [0.29, 0.717) is 22.0 Å². The van der Waals surface area contributed by atoms with E-state index < -0.39 is 5.91 Å². The lowest BCUT2D eigenvalue weighted by molar-refractivity contribution is 0.0960. The molecule has 1 aromatic carbocycles. The minimum absolute atomic E-state index is 0.0779. The number of fused-ring (bicyclic) bond motifs is 1. The van der Waals surface area contributed by atoms with E-state index in [1.807, 2.05) is 0 Å². The Morgan fingerprint density at radius 2 is 2.28 bits per heavy atom. The number of halogens is 1. The molecule has 126 valence electrons. The number of carbonyl (C=O) groups is 1. The fraction of sp³-hybridized carbons (Fsp3) is 0.118. The van der Waals surface area contributed by atoms with E-state index >= 15 is 0 Å². The normalized spacial score (nSPS) is 10.4. The quantitative estimate of drug-likeness (QED) is 0.697. The van der Waals surface area contributed by atoms with Crippen LogP contribution in [0.4, 0.5) is 0 Å². The third kappa shape index (κ3) is 3.07. The van der Waals surface area contributed by atoms with E-state index in [1.165, 1.54) is 23.9 Å². The first-order valence-corrected chi connectivity index (χ1v) is 7.59. The van der Waals surface area contributed by atoms with Crippen LogP contribution in [0.25, 0.3) is 16.9 Å². The van der Waals surface area contributed by atoms with Gasteiger partial charge in [0, 0.05) is 17.8 Å². The van der Waals surface area contributed by atoms with Gasteiger partial charge in [0.1, 0.15) is 11.3 Å². The first kappa shape index (κ1) is 16.6. The zero-order valence-electron chi connectivity index (χ0n) is 13.2. The molecule has 0 spiro atoms. The molecule has 0 fully saturated rings. The Kier molecular flexibility index (Phi) is 4.46. The molecule has 0 saturated heterocycles. The van der Waals surface area contributed by atoms with Crippen LogP contribution in [0, 0.1) is 12.3 Å². The first-order chi connectivity index (χ1) is 12.0. The van der Waals surface area contributed by atoms with E-state index in [4.69, 9.17) is 22.8 Å². The van der Waals surface area contributed by atoms with Gasteiger partial charge in [-0.1, -0.05) is 23.6 Å². The number of hydrogen-bond acceptors (Lipinski definition) is 4. The Morgan fingerprint density at radius 1 is 1.48 bits per heavy atom. The van der Waals surface area contributed by atoms with Gasteiger partial charge in [-0.3, -0.25) is 14.7 Å². The van der Waals surface area contributed by atoms with Crippen LogP contribution >= 0.6 is 11.6 Å². The topological polar surface area (TPSA) is 88.5 Å². The zero-order chi connectivity index (χ0) is 18.0. The number of nitrogens with one attached hydrogen (secondary N) is 2. The monoisotopic (exact) mass is 356 g/mol. The molecule has 0 unspecified atom stereocenters. The Labute approximate surface area is 147 Å². The van der Waals surface area contributed by atoms with Gasteiger partial charge in [0.15, 0.2) is 5.65 Å². The number of terminal acetylenes is 1. The second kappa shape index (κ2) is 6.71. The molecule has 25 heavy (non-hydrogen) atoms. The minimum atomic E-state index is -0.422. The Hall–Kier alpha value is -3.24. The molecule has 0 aliphatic heterocycles. The fourth-order valence-electron chi connectivity index (χ4n) is 2.34. The maximum absolute atomic E-state index is 12.3. The van der Waals surface area contributed by atoms with Crippen LogP contribution in [-0.2, 0) is 0 Å². The highest BCUT2D eigenvalue weighted by atomic mass is 35.5. The highest BCUT2D eigenvalue weighted by Gasteiger charge is 2.16. The number of aromatic nitrogens is 3. The van der Waals surface area contributed by atoms with Crippen molar-refractivity contribution in [2.75, 3.05) is 13.7 Å². The van der Waals surface area contributed by atoms with E-state index in [1.54, 1.807) is 18.2 Å². The van der Waals surface area contributed by atoms with Gasteiger partial charge in [-0.25, -0.2) is 9.50 Å². The van der Waals surface area contributed by atoms with Crippen molar-refractivity contribution in [2.45, 2.75) is 0 Å². The average Bonchev–Trinajstić information content (AvgIpc) is 3.04. The summed E-state index contributed by atoms with van der Waals surface area (Å²) < 4.78 is 6.37. The van der Waals surface area contributed by atoms with Crippen LogP contribution in [0.1, 0.15) is 10.4 Å². The highest BCUT2D eigenvalue weighted by molar-refractivity contribution is 6.32. The van der Waals surface area contributed by atoms with Crippen LogP contribution in [0.15, 0.2) is 35.3 Å². The Balaban J connectivity index is 2.14. The number of rotatable bonds is 4. The molecule has 0 bridgehead atoms. The summed E-state index contributed by atoms with van der Waals surface area (Å²) in [5, 5.41) is 5.70. The van der Waals surface area contributed by atoms with Gasteiger partial charge in [0.25, 0.3) is 11.5 Å². The number of carbonyl (C=O) groups excluding carboxylic acids is 1. The zero-order valence-corrected chi connectivity index (χ0v) is 13.9. The molecule has 2 aromatic heterocycles. The number of ether oxygens (including phenoxy) is 1. The highest BCUT2D eigenvalue weighted by Crippen LogP contribution is 2.29. The number of methoxy groups -OCH3 is 1.